The van der Waals surface area contributed by atoms with Gasteiger partial charge in [-0.3, -0.25) is 4.79 Å². The first kappa shape index (κ1) is 17.9. The van der Waals surface area contributed by atoms with E-state index in [1.165, 1.54) is 10.4 Å². The molecule has 1 aliphatic heterocycles. The van der Waals surface area contributed by atoms with Gasteiger partial charge < -0.3 is 10.2 Å². The summed E-state index contributed by atoms with van der Waals surface area (Å²) in [5.41, 5.74) is 0.519. The Morgan fingerprint density at radius 3 is 2.52 bits per heavy atom. The number of piperazine rings is 1. The van der Waals surface area contributed by atoms with Gasteiger partial charge in [0.1, 0.15) is 0 Å². The van der Waals surface area contributed by atoms with E-state index in [4.69, 9.17) is 0 Å². The van der Waals surface area contributed by atoms with E-state index in [1.807, 2.05) is 20.9 Å². The quantitative estimate of drug-likeness (QED) is 0.885. The summed E-state index contributed by atoms with van der Waals surface area (Å²) in [6, 6.07) is 6.49. The molecule has 1 fully saturated rings. The Morgan fingerprint density at radius 2 is 1.91 bits per heavy atom. The van der Waals surface area contributed by atoms with Crippen LogP contribution >= 0.6 is 0 Å². The van der Waals surface area contributed by atoms with E-state index in [-0.39, 0.29) is 16.7 Å². The SMILES string of the molecule is CC[C@H](C)C(=O)Nc1cccc(S(=O)(=O)N2CCN(C)CC2)c1. The summed E-state index contributed by atoms with van der Waals surface area (Å²) in [5.74, 6) is -0.199. The number of anilines is 1. The number of nitrogens with one attached hydrogen (secondary N) is 1. The maximum Gasteiger partial charge on any atom is 0.243 e. The lowest BCUT2D eigenvalue weighted by atomic mass is 10.1. The third-order valence-electron chi connectivity index (χ3n) is 4.26. The van der Waals surface area contributed by atoms with Crippen LogP contribution in [0.2, 0.25) is 0 Å². The molecule has 23 heavy (non-hydrogen) atoms. The maximum absolute atomic E-state index is 12.7. The second kappa shape index (κ2) is 7.42. The van der Waals surface area contributed by atoms with Crippen LogP contribution in [0.4, 0.5) is 5.69 Å². The van der Waals surface area contributed by atoms with Gasteiger partial charge in [0.05, 0.1) is 4.90 Å². The number of carbonyl (C=O) groups is 1. The van der Waals surface area contributed by atoms with Gasteiger partial charge in [0.25, 0.3) is 0 Å². The van der Waals surface area contributed by atoms with Crippen LogP contribution < -0.4 is 5.32 Å². The van der Waals surface area contributed by atoms with Gasteiger partial charge in [-0.15, -0.1) is 0 Å². The number of nitrogens with zero attached hydrogens (tertiary/aromatic N) is 2. The van der Waals surface area contributed by atoms with Crippen molar-refractivity contribution in [2.45, 2.75) is 25.2 Å². The minimum Gasteiger partial charge on any atom is -0.326 e. The number of benzene rings is 1. The lowest BCUT2D eigenvalue weighted by Crippen LogP contribution is -2.47. The van der Waals surface area contributed by atoms with E-state index in [1.54, 1.807) is 18.2 Å². The highest BCUT2D eigenvalue weighted by Crippen LogP contribution is 2.21. The molecule has 1 amide bonds. The molecule has 2 rings (SSSR count). The summed E-state index contributed by atoms with van der Waals surface area (Å²) in [6.07, 6.45) is 0.741. The van der Waals surface area contributed by atoms with Crippen LogP contribution in [0.25, 0.3) is 0 Å². The lowest BCUT2D eigenvalue weighted by molar-refractivity contribution is -0.119. The molecular weight excluding hydrogens is 314 g/mol. The maximum atomic E-state index is 12.7. The number of likely N-dealkylation sites (N-methyl/N-ethyl adjacent to an activating group) is 1. The molecule has 128 valence electrons. The molecule has 1 atom stereocenters. The zero-order valence-electron chi connectivity index (χ0n) is 13.9. The highest BCUT2D eigenvalue weighted by atomic mass is 32.2. The molecule has 7 heteroatoms. The normalized spacial score (nSPS) is 18.6. The molecule has 0 aromatic heterocycles. The Labute approximate surface area is 138 Å². The van der Waals surface area contributed by atoms with Crippen LogP contribution in [0.1, 0.15) is 20.3 Å². The van der Waals surface area contributed by atoms with E-state index in [9.17, 15) is 13.2 Å². The monoisotopic (exact) mass is 339 g/mol. The van der Waals surface area contributed by atoms with Crippen molar-refractivity contribution < 1.29 is 13.2 Å². The van der Waals surface area contributed by atoms with Gasteiger partial charge in [0.2, 0.25) is 15.9 Å². The molecule has 0 radical (unpaired) electrons. The third kappa shape index (κ3) is 4.31. The summed E-state index contributed by atoms with van der Waals surface area (Å²) in [7, 11) is -1.53. The minimum atomic E-state index is -3.51. The fourth-order valence-electron chi connectivity index (χ4n) is 2.36. The van der Waals surface area contributed by atoms with Crippen LogP contribution in [0.15, 0.2) is 29.2 Å². The number of sulfonamides is 1. The van der Waals surface area contributed by atoms with E-state index in [0.29, 0.717) is 18.8 Å². The summed E-state index contributed by atoms with van der Waals surface area (Å²) < 4.78 is 26.9. The Morgan fingerprint density at radius 1 is 1.26 bits per heavy atom. The first-order valence-corrected chi connectivity index (χ1v) is 9.38. The van der Waals surface area contributed by atoms with Crippen LogP contribution in [0.5, 0.6) is 0 Å². The number of hydrogen-bond acceptors (Lipinski definition) is 4. The standard InChI is InChI=1S/C16H25N3O3S/c1-4-13(2)16(20)17-14-6-5-7-15(12-14)23(21,22)19-10-8-18(3)9-11-19/h5-7,12-13H,4,8-11H2,1-3H3,(H,17,20)/t13-/m0/s1. The molecule has 1 saturated heterocycles. The average Bonchev–Trinajstić information content (AvgIpc) is 2.54. The Balaban J connectivity index is 2.17. The zero-order valence-corrected chi connectivity index (χ0v) is 14.8. The van der Waals surface area contributed by atoms with E-state index < -0.39 is 10.0 Å². The van der Waals surface area contributed by atoms with Crippen molar-refractivity contribution in [3.63, 3.8) is 0 Å². The van der Waals surface area contributed by atoms with Crippen molar-refractivity contribution in [3.8, 4) is 0 Å². The Kier molecular flexibility index (Phi) is 5.78. The van der Waals surface area contributed by atoms with Crippen molar-refractivity contribution in [1.29, 1.82) is 0 Å². The topological polar surface area (TPSA) is 69.7 Å². The summed E-state index contributed by atoms with van der Waals surface area (Å²) in [4.78, 5) is 14.3. The first-order valence-electron chi connectivity index (χ1n) is 7.94. The molecule has 0 unspecified atom stereocenters. The van der Waals surface area contributed by atoms with Gasteiger partial charge in [0, 0.05) is 37.8 Å². The second-order valence-electron chi connectivity index (χ2n) is 6.03. The average molecular weight is 339 g/mol. The Bertz CT molecular complexity index is 652. The van der Waals surface area contributed by atoms with Gasteiger partial charge in [-0.1, -0.05) is 19.9 Å². The molecular formula is C16H25N3O3S. The first-order chi connectivity index (χ1) is 10.8. The molecule has 1 N–H and O–H groups in total. The fourth-order valence-corrected chi connectivity index (χ4v) is 3.83. The van der Waals surface area contributed by atoms with Gasteiger partial charge in [-0.05, 0) is 31.7 Å². The number of hydrogen-bond donors (Lipinski definition) is 1. The molecule has 1 aliphatic rings. The van der Waals surface area contributed by atoms with Gasteiger partial charge in [0.15, 0.2) is 0 Å². The molecule has 6 nitrogen and oxygen atoms in total. The predicted molar refractivity (Wildman–Crippen MR) is 90.8 cm³/mol. The molecule has 1 aromatic rings. The zero-order chi connectivity index (χ0) is 17.0. The van der Waals surface area contributed by atoms with E-state index in [0.717, 1.165) is 19.5 Å². The van der Waals surface area contributed by atoms with Crippen molar-refractivity contribution >= 4 is 21.6 Å². The van der Waals surface area contributed by atoms with Gasteiger partial charge in [-0.2, -0.15) is 4.31 Å². The smallest absolute Gasteiger partial charge is 0.243 e. The summed E-state index contributed by atoms with van der Waals surface area (Å²) >= 11 is 0. The predicted octanol–water partition coefficient (Wildman–Crippen LogP) is 1.61. The minimum absolute atomic E-state index is 0.0957. The molecule has 0 bridgehead atoms. The number of rotatable bonds is 5. The largest absolute Gasteiger partial charge is 0.326 e. The molecule has 0 spiro atoms. The van der Waals surface area contributed by atoms with Crippen LogP contribution in [0, 0.1) is 5.92 Å². The summed E-state index contributed by atoms with van der Waals surface area (Å²) in [5, 5.41) is 2.78. The Hall–Kier alpha value is -1.44. The number of amides is 1. The van der Waals surface area contributed by atoms with Crippen molar-refractivity contribution in [2.75, 3.05) is 38.5 Å². The molecule has 1 aromatic carbocycles. The van der Waals surface area contributed by atoms with Crippen molar-refractivity contribution in [1.82, 2.24) is 9.21 Å². The summed E-state index contributed by atoms with van der Waals surface area (Å²) in [6.45, 7) is 6.22. The third-order valence-corrected chi connectivity index (χ3v) is 6.16. The van der Waals surface area contributed by atoms with Crippen LogP contribution in [-0.4, -0.2) is 56.8 Å². The second-order valence-corrected chi connectivity index (χ2v) is 7.97. The number of carbonyl (C=O) groups excluding carboxylic acids is 1. The van der Waals surface area contributed by atoms with Crippen molar-refractivity contribution in [3.05, 3.63) is 24.3 Å². The molecule has 0 aliphatic carbocycles. The lowest BCUT2D eigenvalue weighted by Gasteiger charge is -2.31. The highest BCUT2D eigenvalue weighted by Gasteiger charge is 2.27. The van der Waals surface area contributed by atoms with E-state index in [2.05, 4.69) is 10.2 Å². The van der Waals surface area contributed by atoms with Crippen LogP contribution in [0.3, 0.4) is 0 Å². The van der Waals surface area contributed by atoms with E-state index >= 15 is 0 Å². The van der Waals surface area contributed by atoms with Gasteiger partial charge >= 0.3 is 0 Å². The van der Waals surface area contributed by atoms with Gasteiger partial charge in [-0.25, -0.2) is 8.42 Å². The van der Waals surface area contributed by atoms with Crippen molar-refractivity contribution in [2.24, 2.45) is 5.92 Å². The molecule has 0 saturated carbocycles. The molecule has 1 heterocycles. The fraction of sp³-hybridized carbons (Fsp3) is 0.562. The van der Waals surface area contributed by atoms with Crippen LogP contribution in [-0.2, 0) is 14.8 Å². The highest BCUT2D eigenvalue weighted by molar-refractivity contribution is 7.89.